The van der Waals surface area contributed by atoms with Crippen molar-refractivity contribution in [2.24, 2.45) is 0 Å². The number of amides is 1. The van der Waals surface area contributed by atoms with Crippen LogP contribution in [0.4, 0.5) is 0 Å². The minimum Gasteiger partial charge on any atom is -0.507 e. The molecule has 4 rings (SSSR count). The second kappa shape index (κ2) is 13.5. The maximum absolute atomic E-state index is 13.4. The van der Waals surface area contributed by atoms with E-state index >= 15 is 0 Å². The van der Waals surface area contributed by atoms with E-state index in [1.165, 1.54) is 0 Å². The Labute approximate surface area is 231 Å². The summed E-state index contributed by atoms with van der Waals surface area (Å²) >= 11 is 0. The van der Waals surface area contributed by atoms with E-state index in [2.05, 4.69) is 25.7 Å². The fraction of sp³-hybridized carbons (Fsp3) is 0.484. The summed E-state index contributed by atoms with van der Waals surface area (Å²) in [6.07, 6.45) is 3.85. The molecule has 0 aliphatic carbocycles. The molecule has 2 aliphatic heterocycles. The van der Waals surface area contributed by atoms with Gasteiger partial charge in [-0.1, -0.05) is 45.7 Å². The molecule has 2 aliphatic rings. The third-order valence-corrected chi connectivity index (χ3v) is 7.31. The Morgan fingerprint density at radius 1 is 1.00 bits per heavy atom. The first kappa shape index (κ1) is 28.5. The lowest BCUT2D eigenvalue weighted by Gasteiger charge is -2.27. The molecule has 8 nitrogen and oxygen atoms in total. The van der Waals surface area contributed by atoms with Gasteiger partial charge in [0, 0.05) is 12.1 Å². The average Bonchev–Trinajstić information content (AvgIpc) is 3.22. The number of hydrogen-bond acceptors (Lipinski definition) is 7. The number of unbranched alkanes of at least 4 members (excludes halogenated alkanes) is 2. The van der Waals surface area contributed by atoms with E-state index in [0.717, 1.165) is 44.5 Å². The number of benzene rings is 2. The molecule has 0 saturated carbocycles. The summed E-state index contributed by atoms with van der Waals surface area (Å²) in [6.45, 7) is 10.8. The molecule has 2 aromatic rings. The summed E-state index contributed by atoms with van der Waals surface area (Å²) < 4.78 is 17.3. The molecule has 0 radical (unpaired) electrons. The van der Waals surface area contributed by atoms with Gasteiger partial charge in [-0.15, -0.1) is 0 Å². The summed E-state index contributed by atoms with van der Waals surface area (Å²) in [5.74, 6) is 0.238. The van der Waals surface area contributed by atoms with Crippen LogP contribution in [-0.2, 0) is 9.59 Å². The van der Waals surface area contributed by atoms with Crippen molar-refractivity contribution in [3.8, 4) is 17.2 Å². The van der Waals surface area contributed by atoms with E-state index in [9.17, 15) is 14.7 Å². The van der Waals surface area contributed by atoms with Gasteiger partial charge in [0.25, 0.3) is 11.7 Å². The lowest BCUT2D eigenvalue weighted by Crippen LogP contribution is -2.33. The normalized spacial score (nSPS) is 18.2. The highest BCUT2D eigenvalue weighted by Gasteiger charge is 2.46. The van der Waals surface area contributed by atoms with Crippen molar-refractivity contribution in [3.63, 3.8) is 0 Å². The molecule has 2 aromatic carbocycles. The highest BCUT2D eigenvalue weighted by molar-refractivity contribution is 6.46. The molecule has 0 bridgehead atoms. The summed E-state index contributed by atoms with van der Waals surface area (Å²) in [5, 5.41) is 11.5. The number of ether oxygens (including phenoxy) is 3. The van der Waals surface area contributed by atoms with Crippen LogP contribution in [0.1, 0.15) is 63.6 Å². The van der Waals surface area contributed by atoms with Gasteiger partial charge in [-0.25, -0.2) is 0 Å². The van der Waals surface area contributed by atoms with Gasteiger partial charge in [0.2, 0.25) is 0 Å². The second-order valence-corrected chi connectivity index (χ2v) is 9.86. The number of likely N-dealkylation sites (tertiary alicyclic amines) is 1. The summed E-state index contributed by atoms with van der Waals surface area (Å²) in [6, 6.07) is 11.8. The van der Waals surface area contributed by atoms with E-state index in [1.807, 2.05) is 24.3 Å². The fourth-order valence-corrected chi connectivity index (χ4v) is 5.12. The number of aliphatic hydroxyl groups is 1. The molecule has 0 spiro atoms. The van der Waals surface area contributed by atoms with Crippen LogP contribution in [0.2, 0.25) is 0 Å². The van der Waals surface area contributed by atoms with Crippen molar-refractivity contribution >= 4 is 17.4 Å². The van der Waals surface area contributed by atoms with Gasteiger partial charge in [0.05, 0.1) is 18.2 Å². The molecule has 8 heteroatoms. The lowest BCUT2D eigenvalue weighted by molar-refractivity contribution is -0.140. The molecule has 2 heterocycles. The maximum atomic E-state index is 13.4. The lowest BCUT2D eigenvalue weighted by atomic mass is 9.95. The van der Waals surface area contributed by atoms with Crippen LogP contribution in [0.15, 0.2) is 48.0 Å². The molecular weight excluding hydrogens is 496 g/mol. The van der Waals surface area contributed by atoms with Gasteiger partial charge >= 0.3 is 0 Å². The highest BCUT2D eigenvalue weighted by Crippen LogP contribution is 2.41. The van der Waals surface area contributed by atoms with Crippen LogP contribution in [0.25, 0.3) is 5.76 Å². The predicted molar refractivity (Wildman–Crippen MR) is 150 cm³/mol. The minimum atomic E-state index is -0.728. The number of Topliss-reactive ketones (excluding diaryl/α,β-unsaturated/α-hetero) is 1. The SMILES string of the molecule is CCCCCOc1cccc([C@@H]2/C(=C(\O)c3ccc4c(c3)OCCO4)C(=O)C(=O)N2CCCN(CC)CC)c1. The largest absolute Gasteiger partial charge is 0.507 e. The zero-order chi connectivity index (χ0) is 27.8. The van der Waals surface area contributed by atoms with E-state index < -0.39 is 17.7 Å². The van der Waals surface area contributed by atoms with E-state index in [0.29, 0.717) is 55.6 Å². The van der Waals surface area contributed by atoms with Gasteiger partial charge in [-0.3, -0.25) is 9.59 Å². The zero-order valence-electron chi connectivity index (χ0n) is 23.3. The molecule has 39 heavy (non-hydrogen) atoms. The summed E-state index contributed by atoms with van der Waals surface area (Å²) in [4.78, 5) is 30.7. The summed E-state index contributed by atoms with van der Waals surface area (Å²) in [7, 11) is 0. The quantitative estimate of drug-likeness (QED) is 0.163. The van der Waals surface area contributed by atoms with Crippen molar-refractivity contribution in [2.45, 2.75) is 52.5 Å². The van der Waals surface area contributed by atoms with Crippen LogP contribution in [0.3, 0.4) is 0 Å². The molecule has 1 amide bonds. The van der Waals surface area contributed by atoms with Gasteiger partial charge in [-0.05, 0) is 68.4 Å². The van der Waals surface area contributed by atoms with Crippen LogP contribution >= 0.6 is 0 Å². The molecule has 1 saturated heterocycles. The smallest absolute Gasteiger partial charge is 0.295 e. The Bertz CT molecular complexity index is 1190. The molecule has 1 fully saturated rings. The second-order valence-electron chi connectivity index (χ2n) is 9.86. The Balaban J connectivity index is 1.70. The van der Waals surface area contributed by atoms with Crippen molar-refractivity contribution in [1.29, 1.82) is 0 Å². The average molecular weight is 537 g/mol. The number of carbonyl (C=O) groups is 2. The van der Waals surface area contributed by atoms with Crippen LogP contribution in [0, 0.1) is 0 Å². The van der Waals surface area contributed by atoms with Gasteiger partial charge in [0.15, 0.2) is 11.5 Å². The van der Waals surface area contributed by atoms with Gasteiger partial charge in [0.1, 0.15) is 24.7 Å². The Morgan fingerprint density at radius 2 is 1.77 bits per heavy atom. The van der Waals surface area contributed by atoms with Crippen LogP contribution < -0.4 is 14.2 Å². The number of hydrogen-bond donors (Lipinski definition) is 1. The van der Waals surface area contributed by atoms with Gasteiger partial charge < -0.3 is 29.1 Å². The first-order valence-electron chi connectivity index (χ1n) is 14.1. The van der Waals surface area contributed by atoms with E-state index in [4.69, 9.17) is 14.2 Å². The maximum Gasteiger partial charge on any atom is 0.295 e. The van der Waals surface area contributed by atoms with Crippen molar-refractivity contribution < 1.29 is 28.9 Å². The van der Waals surface area contributed by atoms with Crippen LogP contribution in [0.5, 0.6) is 17.2 Å². The standard InChI is InChI=1S/C31H40N2O6/c1-4-7-8-17-37-24-12-9-11-22(20-24)28-27(29(34)23-13-14-25-26(21-23)39-19-18-38-25)30(35)31(36)33(28)16-10-15-32(5-2)6-3/h9,11-14,20-21,28,34H,4-8,10,15-19H2,1-3H3/b29-27+/t28-/m1/s1. The Kier molecular flexibility index (Phi) is 9.87. The fourth-order valence-electron chi connectivity index (χ4n) is 5.12. The van der Waals surface area contributed by atoms with Crippen molar-refractivity contribution in [1.82, 2.24) is 9.80 Å². The third kappa shape index (κ3) is 6.56. The van der Waals surface area contributed by atoms with Crippen LogP contribution in [-0.4, -0.2) is 72.6 Å². The molecule has 1 N–H and O–H groups in total. The first-order valence-corrected chi connectivity index (χ1v) is 14.1. The number of carbonyl (C=O) groups excluding carboxylic acids is 2. The van der Waals surface area contributed by atoms with E-state index in [-0.39, 0.29) is 11.3 Å². The number of fused-ring (bicyclic) bond motifs is 1. The van der Waals surface area contributed by atoms with Crippen molar-refractivity contribution in [2.75, 3.05) is 46.0 Å². The molecule has 0 aromatic heterocycles. The Morgan fingerprint density at radius 3 is 2.51 bits per heavy atom. The Hall–Kier alpha value is -3.52. The first-order chi connectivity index (χ1) is 19.0. The number of rotatable bonds is 13. The highest BCUT2D eigenvalue weighted by atomic mass is 16.6. The molecule has 0 unspecified atom stereocenters. The number of nitrogens with zero attached hydrogens (tertiary/aromatic N) is 2. The summed E-state index contributed by atoms with van der Waals surface area (Å²) in [5.41, 5.74) is 1.20. The monoisotopic (exact) mass is 536 g/mol. The van der Waals surface area contributed by atoms with Crippen molar-refractivity contribution in [3.05, 3.63) is 59.2 Å². The zero-order valence-corrected chi connectivity index (χ0v) is 23.3. The van der Waals surface area contributed by atoms with E-state index in [1.54, 1.807) is 23.1 Å². The third-order valence-electron chi connectivity index (χ3n) is 7.31. The number of aliphatic hydroxyl groups excluding tert-OH is 1. The molecular formula is C31H40N2O6. The molecule has 1 atom stereocenters. The van der Waals surface area contributed by atoms with Gasteiger partial charge in [-0.2, -0.15) is 0 Å². The minimum absolute atomic E-state index is 0.0719. The topological polar surface area (TPSA) is 88.5 Å². The number of ketones is 1. The molecule has 210 valence electrons. The predicted octanol–water partition coefficient (Wildman–Crippen LogP) is 5.18.